The third kappa shape index (κ3) is 9.12. The molecule has 2 aromatic rings. The molecule has 6 heteroatoms. The molecule has 0 aromatic heterocycles. The fourth-order valence-electron chi connectivity index (χ4n) is 2.88. The van der Waals surface area contributed by atoms with Crippen LogP contribution in [0.1, 0.15) is 36.8 Å². The Morgan fingerprint density at radius 3 is 1.96 bits per heavy atom. The molecule has 0 saturated carbocycles. The molecular weight excluding hydrogens is 363 g/mol. The molecule has 0 aliphatic rings. The van der Waals surface area contributed by atoms with Crippen molar-refractivity contribution in [3.05, 3.63) is 71.8 Å². The Morgan fingerprint density at radius 2 is 1.33 bits per heavy atom. The molecule has 0 fully saturated rings. The summed E-state index contributed by atoms with van der Waals surface area (Å²) in [6, 6.07) is 19.2. The third-order valence-corrected chi connectivity index (χ3v) is 6.88. The van der Waals surface area contributed by atoms with E-state index in [2.05, 4.69) is 0 Å². The van der Waals surface area contributed by atoms with Crippen molar-refractivity contribution in [2.75, 3.05) is 12.3 Å². The van der Waals surface area contributed by atoms with Gasteiger partial charge >= 0.3 is 160 Å². The fraction of sp³-hybridized carbons (Fsp3) is 0.381. The van der Waals surface area contributed by atoms with E-state index in [9.17, 15) is 19.5 Å². The van der Waals surface area contributed by atoms with Gasteiger partial charge < -0.3 is 0 Å². The van der Waals surface area contributed by atoms with Crippen LogP contribution in [0.15, 0.2) is 60.7 Å². The van der Waals surface area contributed by atoms with Gasteiger partial charge in [-0.1, -0.05) is 0 Å². The second kappa shape index (κ2) is 9.95. The molecule has 0 aliphatic carbocycles. The predicted octanol–water partition coefficient (Wildman–Crippen LogP) is 3.81. The van der Waals surface area contributed by atoms with Crippen LogP contribution in [0.3, 0.4) is 0 Å². The van der Waals surface area contributed by atoms with Crippen LogP contribution in [0.25, 0.3) is 0 Å². The molecule has 0 heterocycles. The number of ether oxygens (including phenoxy) is 1. The number of aryl methyl sites for hydroxylation is 1. The molecule has 148 valence electrons. The topological polar surface area (TPSA) is 87.0 Å². The van der Waals surface area contributed by atoms with Gasteiger partial charge in [-0.15, -0.1) is 0 Å². The maximum absolute atomic E-state index is 11.8. The maximum atomic E-state index is 11.8. The van der Waals surface area contributed by atoms with Crippen LogP contribution in [-0.4, -0.2) is 33.0 Å². The van der Waals surface area contributed by atoms with Crippen molar-refractivity contribution < 1.29 is 24.2 Å². The molecule has 2 rings (SSSR count). The van der Waals surface area contributed by atoms with Crippen molar-refractivity contribution >= 4 is 13.3 Å². The van der Waals surface area contributed by atoms with Crippen LogP contribution in [0.2, 0.25) is 0 Å². The molecule has 0 bridgehead atoms. The number of rotatable bonds is 11. The van der Waals surface area contributed by atoms with E-state index >= 15 is 0 Å². The zero-order chi connectivity index (χ0) is 19.6. The van der Waals surface area contributed by atoms with Crippen molar-refractivity contribution in [1.82, 2.24) is 0 Å². The predicted molar refractivity (Wildman–Crippen MR) is 108 cm³/mol. The third-order valence-electron chi connectivity index (χ3n) is 4.41. The first-order valence-corrected chi connectivity index (χ1v) is 11.8. The first kappa shape index (κ1) is 21.5. The quantitative estimate of drug-likeness (QED) is 0.308. The van der Waals surface area contributed by atoms with Gasteiger partial charge in [0.05, 0.1) is 0 Å². The van der Waals surface area contributed by atoms with Gasteiger partial charge in [0.1, 0.15) is 0 Å². The van der Waals surface area contributed by atoms with Crippen molar-refractivity contribution in [2.45, 2.75) is 38.7 Å². The van der Waals surface area contributed by atoms with Gasteiger partial charge in [-0.3, -0.25) is 0 Å². The average Bonchev–Trinajstić information content (AvgIpc) is 2.65. The van der Waals surface area contributed by atoms with Crippen LogP contribution in [0, 0.1) is 0 Å². The molecular formula is C21H29O5P. The normalized spacial score (nSPS) is 12.9. The van der Waals surface area contributed by atoms with E-state index in [1.165, 1.54) is 0 Å². The van der Waals surface area contributed by atoms with Gasteiger partial charge in [-0.05, 0) is 0 Å². The zero-order valence-electron chi connectivity index (χ0n) is 15.5. The second-order valence-electron chi connectivity index (χ2n) is 6.98. The molecule has 0 spiro atoms. The first-order valence-electron chi connectivity index (χ1n) is 9.31. The molecule has 3 N–H and O–H groups in total. The van der Waals surface area contributed by atoms with Crippen molar-refractivity contribution in [2.24, 2.45) is 0 Å². The second-order valence-corrected chi connectivity index (χ2v) is 10.6. The molecule has 0 amide bonds. The Hall–Kier alpha value is -1.78. The number of carbonyl (C=O) groups excluding carboxylic acids is 1. The van der Waals surface area contributed by atoms with Crippen LogP contribution in [-0.2, 0) is 22.6 Å². The summed E-state index contributed by atoms with van der Waals surface area (Å²) in [7, 11) is -4.63. The van der Waals surface area contributed by atoms with Crippen molar-refractivity contribution in [3.8, 4) is 0 Å². The fourth-order valence-corrected chi connectivity index (χ4v) is 4.78. The number of carbonyl (C=O) groups is 1. The van der Waals surface area contributed by atoms with E-state index in [0.717, 1.165) is 11.1 Å². The van der Waals surface area contributed by atoms with Gasteiger partial charge in [0.25, 0.3) is 0 Å². The summed E-state index contributed by atoms with van der Waals surface area (Å²) < 4.78 is 5.18. The minimum absolute atomic E-state index is 0.0149. The number of benzene rings is 2. The van der Waals surface area contributed by atoms with Gasteiger partial charge in [0.15, 0.2) is 0 Å². The number of esters is 1. The summed E-state index contributed by atoms with van der Waals surface area (Å²) in [5, 5.41) is 0. The summed E-state index contributed by atoms with van der Waals surface area (Å²) in [4.78, 5) is 42.4. The summed E-state index contributed by atoms with van der Waals surface area (Å²) in [6.07, 6.45) is 2.12. The van der Waals surface area contributed by atoms with E-state index in [-0.39, 0.29) is 31.3 Å². The molecule has 0 saturated heterocycles. The van der Waals surface area contributed by atoms with Gasteiger partial charge in [0.2, 0.25) is 0 Å². The Morgan fingerprint density at radius 1 is 0.778 bits per heavy atom. The van der Waals surface area contributed by atoms with Crippen LogP contribution >= 0.6 is 7.28 Å². The number of hydrogen-bond donors (Lipinski definition) is 3. The molecule has 0 atom stereocenters. The van der Waals surface area contributed by atoms with E-state index < -0.39 is 7.28 Å². The van der Waals surface area contributed by atoms with Crippen molar-refractivity contribution in [3.63, 3.8) is 0 Å². The summed E-state index contributed by atoms with van der Waals surface area (Å²) in [5.41, 5.74) is 2.03. The first-order chi connectivity index (χ1) is 12.8. The van der Waals surface area contributed by atoms with Crippen LogP contribution in [0.4, 0.5) is 0 Å². The molecule has 5 nitrogen and oxygen atoms in total. The number of hydrogen-bond acceptors (Lipinski definition) is 5. The zero-order valence-corrected chi connectivity index (χ0v) is 16.4. The molecule has 2 aromatic carbocycles. The SMILES string of the molecule is O=C(CCCCP(O)(O)(O)CCCc1ccccc1)OCc1ccccc1. The number of unbranched alkanes of at least 4 members (excludes halogenated alkanes) is 1. The Kier molecular flexibility index (Phi) is 7.93. The molecule has 0 aliphatic heterocycles. The standard InChI is InChI=1S/C21H29O5P/c22-21(26-18-20-12-5-2-6-13-20)15-7-8-16-27(23,24,25)17-9-14-19-10-3-1-4-11-19/h1-6,10-13,23-25H,7-9,14-18H2. The van der Waals surface area contributed by atoms with E-state index in [0.29, 0.717) is 25.7 Å². The van der Waals surface area contributed by atoms with Crippen molar-refractivity contribution in [1.29, 1.82) is 0 Å². The Bertz CT molecular complexity index is 695. The molecule has 0 radical (unpaired) electrons. The van der Waals surface area contributed by atoms with Crippen LogP contribution < -0.4 is 0 Å². The molecule has 0 unspecified atom stereocenters. The molecule has 27 heavy (non-hydrogen) atoms. The summed E-state index contributed by atoms with van der Waals surface area (Å²) >= 11 is 0. The van der Waals surface area contributed by atoms with E-state index in [1.807, 2.05) is 60.7 Å². The van der Waals surface area contributed by atoms with E-state index in [1.54, 1.807) is 0 Å². The van der Waals surface area contributed by atoms with E-state index in [4.69, 9.17) is 4.74 Å². The summed E-state index contributed by atoms with van der Waals surface area (Å²) in [6.45, 7) is 0.235. The van der Waals surface area contributed by atoms with Gasteiger partial charge in [-0.25, -0.2) is 0 Å². The van der Waals surface area contributed by atoms with Gasteiger partial charge in [-0.2, -0.15) is 0 Å². The average molecular weight is 392 g/mol. The van der Waals surface area contributed by atoms with Gasteiger partial charge in [0, 0.05) is 0 Å². The van der Waals surface area contributed by atoms with Crippen LogP contribution in [0.5, 0.6) is 0 Å². The Balaban J connectivity index is 1.62. The summed E-state index contributed by atoms with van der Waals surface area (Å²) in [5.74, 6) is -0.322. The minimum atomic E-state index is -4.63. The Labute approximate surface area is 160 Å². The monoisotopic (exact) mass is 392 g/mol.